The molecule has 1 fully saturated rings. The van der Waals surface area contributed by atoms with Crippen molar-refractivity contribution >= 4 is 15.8 Å². The summed E-state index contributed by atoms with van der Waals surface area (Å²) < 4.78 is 30.8. The molecule has 2 heterocycles. The molecule has 0 saturated carbocycles. The van der Waals surface area contributed by atoms with Gasteiger partial charge >= 0.3 is 0 Å². The predicted molar refractivity (Wildman–Crippen MR) is 82.3 cm³/mol. The molecule has 1 aliphatic rings. The number of rotatable bonds is 7. The van der Waals surface area contributed by atoms with Crippen LogP contribution in [-0.2, 0) is 10.0 Å². The van der Waals surface area contributed by atoms with Crippen LogP contribution in [0.5, 0.6) is 5.88 Å². The number of sulfonamides is 1. The number of ether oxygens (including phenoxy) is 1. The van der Waals surface area contributed by atoms with E-state index in [-0.39, 0.29) is 24.4 Å². The minimum Gasteiger partial charge on any atom is -0.472 e. The molecule has 1 aromatic rings. The molecule has 0 radical (unpaired) electrons. The Hall–Kier alpha value is -1.45. The Morgan fingerprint density at radius 2 is 2.05 bits per heavy atom. The molecule has 1 aromatic heterocycles. The molecule has 1 saturated heterocycles. The summed E-state index contributed by atoms with van der Waals surface area (Å²) >= 11 is 0. The zero-order valence-corrected chi connectivity index (χ0v) is 13.4. The van der Waals surface area contributed by atoms with Crippen LogP contribution >= 0.6 is 0 Å². The van der Waals surface area contributed by atoms with Gasteiger partial charge in [0.1, 0.15) is 6.10 Å². The van der Waals surface area contributed by atoms with Crippen molar-refractivity contribution in [3.63, 3.8) is 0 Å². The van der Waals surface area contributed by atoms with E-state index in [2.05, 4.69) is 19.6 Å². The van der Waals surface area contributed by atoms with E-state index in [1.54, 1.807) is 0 Å². The highest BCUT2D eigenvalue weighted by molar-refractivity contribution is 7.92. The summed E-state index contributed by atoms with van der Waals surface area (Å²) in [7, 11) is -3.42. The lowest BCUT2D eigenvalue weighted by atomic mass is 10.1. The van der Waals surface area contributed by atoms with Crippen molar-refractivity contribution in [2.24, 2.45) is 0 Å². The topological polar surface area (TPSA) is 105 Å². The van der Waals surface area contributed by atoms with E-state index in [0.717, 1.165) is 45.2 Å². The van der Waals surface area contributed by atoms with Crippen LogP contribution in [0.3, 0.4) is 0 Å². The highest BCUT2D eigenvalue weighted by Gasteiger charge is 2.22. The maximum absolute atomic E-state index is 11.3. The molecule has 0 atom stereocenters. The fourth-order valence-corrected chi connectivity index (χ4v) is 2.85. The smallest absolute Gasteiger partial charge is 0.258 e. The third kappa shape index (κ3) is 5.39. The van der Waals surface area contributed by atoms with Gasteiger partial charge in [0.25, 0.3) is 5.88 Å². The van der Waals surface area contributed by atoms with Gasteiger partial charge < -0.3 is 14.7 Å². The maximum atomic E-state index is 11.3. The number of hydrogen-bond donors (Lipinski definition) is 2. The highest BCUT2D eigenvalue weighted by atomic mass is 32.2. The van der Waals surface area contributed by atoms with E-state index in [1.165, 1.54) is 12.4 Å². The summed E-state index contributed by atoms with van der Waals surface area (Å²) in [6.45, 7) is 2.87. The molecule has 124 valence electrons. The number of hydrogen-bond acceptors (Lipinski definition) is 7. The largest absolute Gasteiger partial charge is 0.472 e. The van der Waals surface area contributed by atoms with Crippen LogP contribution in [0.4, 0.5) is 5.82 Å². The van der Waals surface area contributed by atoms with Crippen LogP contribution < -0.4 is 9.46 Å². The van der Waals surface area contributed by atoms with E-state index in [4.69, 9.17) is 9.84 Å². The molecule has 1 aliphatic heterocycles. The lowest BCUT2D eigenvalue weighted by molar-refractivity contribution is 0.0933. The summed E-state index contributed by atoms with van der Waals surface area (Å²) in [5, 5.41) is 8.84. The quantitative estimate of drug-likeness (QED) is 0.729. The lowest BCUT2D eigenvalue weighted by Crippen LogP contribution is -2.39. The monoisotopic (exact) mass is 330 g/mol. The predicted octanol–water partition coefficient (Wildman–Crippen LogP) is 0.0737. The molecule has 0 unspecified atom stereocenters. The fourth-order valence-electron chi connectivity index (χ4n) is 2.36. The molecule has 0 aromatic carbocycles. The highest BCUT2D eigenvalue weighted by Crippen LogP contribution is 2.23. The van der Waals surface area contributed by atoms with Crippen LogP contribution in [0.1, 0.15) is 19.3 Å². The summed E-state index contributed by atoms with van der Waals surface area (Å²) in [6, 6.07) is 0. The first-order chi connectivity index (χ1) is 10.5. The molecule has 2 rings (SSSR count). The Kier molecular flexibility index (Phi) is 5.92. The van der Waals surface area contributed by atoms with Crippen LogP contribution in [0.2, 0.25) is 0 Å². The first-order valence-electron chi connectivity index (χ1n) is 7.26. The molecule has 0 amide bonds. The van der Waals surface area contributed by atoms with Gasteiger partial charge in [-0.2, -0.15) is 0 Å². The van der Waals surface area contributed by atoms with Gasteiger partial charge in [0, 0.05) is 38.6 Å². The third-order valence-corrected chi connectivity index (χ3v) is 3.96. The van der Waals surface area contributed by atoms with Crippen molar-refractivity contribution in [3.8, 4) is 5.88 Å². The molecule has 0 spiro atoms. The average Bonchev–Trinajstić information content (AvgIpc) is 2.47. The van der Waals surface area contributed by atoms with Gasteiger partial charge in [0.15, 0.2) is 0 Å². The zero-order valence-electron chi connectivity index (χ0n) is 12.6. The van der Waals surface area contributed by atoms with E-state index < -0.39 is 10.0 Å². The van der Waals surface area contributed by atoms with Gasteiger partial charge in [-0.15, -0.1) is 0 Å². The van der Waals surface area contributed by atoms with Crippen molar-refractivity contribution in [2.75, 3.05) is 37.2 Å². The first-order valence-corrected chi connectivity index (χ1v) is 9.16. The minimum atomic E-state index is -3.42. The number of nitrogens with zero attached hydrogens (tertiary/aromatic N) is 3. The molecule has 22 heavy (non-hydrogen) atoms. The van der Waals surface area contributed by atoms with E-state index >= 15 is 0 Å². The number of anilines is 1. The fraction of sp³-hybridized carbons (Fsp3) is 0.692. The van der Waals surface area contributed by atoms with Crippen molar-refractivity contribution in [1.29, 1.82) is 0 Å². The van der Waals surface area contributed by atoms with Gasteiger partial charge in [-0.1, -0.05) is 0 Å². The second-order valence-electron chi connectivity index (χ2n) is 5.32. The van der Waals surface area contributed by atoms with Gasteiger partial charge in [0.05, 0.1) is 6.26 Å². The van der Waals surface area contributed by atoms with Gasteiger partial charge in [0.2, 0.25) is 15.8 Å². The van der Waals surface area contributed by atoms with E-state index in [1.807, 2.05) is 0 Å². The molecule has 2 N–H and O–H groups in total. The van der Waals surface area contributed by atoms with Crippen LogP contribution in [0, 0.1) is 0 Å². The molecule has 0 aliphatic carbocycles. The van der Waals surface area contributed by atoms with Crippen molar-refractivity contribution in [3.05, 3.63) is 12.4 Å². The zero-order chi connectivity index (χ0) is 16.0. The van der Waals surface area contributed by atoms with Crippen molar-refractivity contribution in [2.45, 2.75) is 25.4 Å². The van der Waals surface area contributed by atoms with Crippen molar-refractivity contribution in [1.82, 2.24) is 14.9 Å². The van der Waals surface area contributed by atoms with Gasteiger partial charge in [-0.25, -0.2) is 18.4 Å². The maximum Gasteiger partial charge on any atom is 0.258 e. The second-order valence-corrected chi connectivity index (χ2v) is 7.07. The standard InChI is InChI=1S/C13H22N4O4S/c1-22(19,20)16-12-13(15-6-5-14-12)21-11-3-8-17(9-4-11)7-2-10-18/h5-6,11,18H,2-4,7-10H2,1H3,(H,14,16). The Morgan fingerprint density at radius 3 is 2.68 bits per heavy atom. The SMILES string of the molecule is CS(=O)(=O)Nc1nccnc1OC1CCN(CCCO)CC1. The third-order valence-electron chi connectivity index (χ3n) is 3.39. The molecule has 0 bridgehead atoms. The summed E-state index contributed by atoms with van der Waals surface area (Å²) in [5.74, 6) is 0.328. The van der Waals surface area contributed by atoms with Gasteiger partial charge in [-0.3, -0.25) is 4.72 Å². The first kappa shape index (κ1) is 16.9. The number of aromatic nitrogens is 2. The van der Waals surface area contributed by atoms with Crippen LogP contribution in [0.15, 0.2) is 12.4 Å². The number of piperidine rings is 1. The Morgan fingerprint density at radius 1 is 1.36 bits per heavy atom. The molecule has 9 heteroatoms. The average molecular weight is 330 g/mol. The minimum absolute atomic E-state index is 0.0119. The van der Waals surface area contributed by atoms with E-state index in [9.17, 15) is 8.42 Å². The number of aliphatic hydroxyl groups is 1. The second kappa shape index (κ2) is 7.70. The Balaban J connectivity index is 1.92. The van der Waals surface area contributed by atoms with E-state index in [0.29, 0.717) is 0 Å². The van der Waals surface area contributed by atoms with Crippen molar-refractivity contribution < 1.29 is 18.3 Å². The number of nitrogens with one attached hydrogen (secondary N) is 1. The summed E-state index contributed by atoms with van der Waals surface area (Å²) in [6.07, 6.45) is 6.38. The number of aliphatic hydroxyl groups excluding tert-OH is 1. The summed E-state index contributed by atoms with van der Waals surface area (Å²) in [5.41, 5.74) is 0. The number of likely N-dealkylation sites (tertiary alicyclic amines) is 1. The molecular weight excluding hydrogens is 308 g/mol. The normalized spacial score (nSPS) is 17.4. The molecule has 8 nitrogen and oxygen atoms in total. The van der Waals surface area contributed by atoms with Gasteiger partial charge in [-0.05, 0) is 19.3 Å². The Bertz CT molecular complexity index is 573. The molecular formula is C13H22N4O4S. The lowest BCUT2D eigenvalue weighted by Gasteiger charge is -2.31. The summed E-state index contributed by atoms with van der Waals surface area (Å²) in [4.78, 5) is 10.3. The van der Waals surface area contributed by atoms with Crippen LogP contribution in [0.25, 0.3) is 0 Å². The Labute approximate surface area is 130 Å². The van der Waals surface area contributed by atoms with Crippen LogP contribution in [-0.4, -0.2) is 67.0 Å².